The van der Waals surface area contributed by atoms with E-state index in [1.165, 1.54) is 0 Å². The predicted octanol–water partition coefficient (Wildman–Crippen LogP) is 2.26. The molecule has 3 heteroatoms. The average molecular weight is 236 g/mol. The zero-order valence-corrected chi connectivity index (χ0v) is 9.81. The Morgan fingerprint density at radius 2 is 0.800 bits per heavy atom. The summed E-state index contributed by atoms with van der Waals surface area (Å²) in [7, 11) is 0. The van der Waals surface area contributed by atoms with Crippen molar-refractivity contribution in [2.75, 3.05) is 0 Å². The Morgan fingerprint density at radius 1 is 0.600 bits per heavy atom. The molecule has 0 saturated carbocycles. The van der Waals surface area contributed by atoms with Crippen LogP contribution in [-0.2, 0) is 31.3 Å². The Labute approximate surface area is 106 Å². The van der Waals surface area contributed by atoms with Crippen molar-refractivity contribution < 1.29 is 31.3 Å². The van der Waals surface area contributed by atoms with Gasteiger partial charge in [-0.1, -0.05) is 0 Å². The zero-order valence-electron chi connectivity index (χ0n) is 8.24. The van der Waals surface area contributed by atoms with Crippen molar-refractivity contribution in [2.24, 2.45) is 0 Å². The molecule has 0 saturated heterocycles. The van der Waals surface area contributed by atoms with E-state index in [0.717, 1.165) is 0 Å². The third-order valence-corrected chi connectivity index (χ3v) is 1.11. The van der Waals surface area contributed by atoms with Crippen LogP contribution in [0.4, 0.5) is 0 Å². The molecule has 2 rings (SSSR count). The van der Waals surface area contributed by atoms with Crippen LogP contribution in [0.25, 0.3) is 0 Å². The molecule has 0 atom stereocenters. The second-order valence-electron chi connectivity index (χ2n) is 1.92. The van der Waals surface area contributed by atoms with Crippen LogP contribution in [0.2, 0.25) is 0 Å². The van der Waals surface area contributed by atoms with Crippen LogP contribution in [-0.4, -0.2) is 13.6 Å². The topological polar surface area (TPSA) is 34.1 Å². The molecule has 0 heterocycles. The summed E-state index contributed by atoms with van der Waals surface area (Å²) in [5.41, 5.74) is 0. The fourth-order valence-corrected chi connectivity index (χ4v) is 0.642. The van der Waals surface area contributed by atoms with E-state index in [0.29, 0.717) is 0 Å². The van der Waals surface area contributed by atoms with Crippen molar-refractivity contribution >= 4 is 13.6 Å². The van der Waals surface area contributed by atoms with E-state index >= 15 is 0 Å². The van der Waals surface area contributed by atoms with Gasteiger partial charge in [-0.15, -0.1) is 0 Å². The van der Waals surface area contributed by atoms with Gasteiger partial charge in [-0.25, -0.2) is 24.3 Å². The Balaban J connectivity index is -0.000000138. The van der Waals surface area contributed by atoms with Crippen LogP contribution in [0.3, 0.4) is 0 Å². The van der Waals surface area contributed by atoms with E-state index in [1.54, 1.807) is 0 Å². The van der Waals surface area contributed by atoms with Gasteiger partial charge < -0.3 is 9.59 Å². The van der Waals surface area contributed by atoms with Crippen molar-refractivity contribution in [2.45, 2.75) is 0 Å². The monoisotopic (exact) mass is 236 g/mol. The standard InChI is InChI=1S/2C5H5.2CHO.Ti/c2*1-2-4-5-3-1;2*1-2;/h2*1-5H;2*1H;/q4*-1;+4. The van der Waals surface area contributed by atoms with E-state index in [1.807, 2.05) is 60.7 Å². The SMILES string of the molecule is [CH-]=O.[CH-]=O.[Ti+4].c1cc[cH-]c1.c1cc[cH-]c1. The number of hydrogen-bond acceptors (Lipinski definition) is 2. The summed E-state index contributed by atoms with van der Waals surface area (Å²) in [6.45, 7) is 6.50. The van der Waals surface area contributed by atoms with Crippen molar-refractivity contribution in [3.8, 4) is 0 Å². The Hall–Kier alpha value is -1.25. The number of hydrogen-bond donors (Lipinski definition) is 0. The van der Waals surface area contributed by atoms with Crippen LogP contribution >= 0.6 is 0 Å². The van der Waals surface area contributed by atoms with Gasteiger partial charge in [-0.3, -0.25) is 13.6 Å². The minimum atomic E-state index is 0. The largest absolute Gasteiger partial charge is 4.00 e. The van der Waals surface area contributed by atoms with Gasteiger partial charge in [-0.2, -0.15) is 36.4 Å². The minimum Gasteiger partial charge on any atom is -0.545 e. The fourth-order valence-electron chi connectivity index (χ4n) is 0.642. The molecule has 2 nitrogen and oxygen atoms in total. The van der Waals surface area contributed by atoms with Crippen LogP contribution in [0, 0.1) is 0 Å². The van der Waals surface area contributed by atoms with E-state index in [4.69, 9.17) is 9.59 Å². The van der Waals surface area contributed by atoms with E-state index in [2.05, 4.69) is 13.6 Å². The molecule has 0 aliphatic heterocycles. The molecule has 0 radical (unpaired) electrons. The van der Waals surface area contributed by atoms with Gasteiger partial charge in [0.1, 0.15) is 0 Å². The first-order chi connectivity index (χ1) is 7.00. The molecule has 0 fully saturated rings. The maximum Gasteiger partial charge on any atom is 4.00 e. The molecular weight excluding hydrogens is 224 g/mol. The van der Waals surface area contributed by atoms with E-state index in [-0.39, 0.29) is 21.7 Å². The van der Waals surface area contributed by atoms with Crippen LogP contribution in [0.5, 0.6) is 0 Å². The Bertz CT molecular complexity index is 176. The quantitative estimate of drug-likeness (QED) is 0.399. The van der Waals surface area contributed by atoms with Crippen molar-refractivity contribution in [1.82, 2.24) is 0 Å². The minimum absolute atomic E-state index is 0. The first-order valence-electron chi connectivity index (χ1n) is 3.80. The molecule has 0 N–H and O–H groups in total. The second-order valence-corrected chi connectivity index (χ2v) is 1.92. The van der Waals surface area contributed by atoms with Gasteiger partial charge in [0.05, 0.1) is 0 Å². The molecule has 76 valence electrons. The average Bonchev–Trinajstić information content (AvgIpc) is 3.01. The number of carbonyl (C=O) groups excluding carboxylic acids is 2. The Kier molecular flexibility index (Phi) is 29.7. The summed E-state index contributed by atoms with van der Waals surface area (Å²) >= 11 is 0. The van der Waals surface area contributed by atoms with Crippen LogP contribution in [0.15, 0.2) is 60.7 Å². The normalized spacial score (nSPS) is 5.87. The third-order valence-electron chi connectivity index (χ3n) is 1.11. The predicted molar refractivity (Wildman–Crippen MR) is 57.6 cm³/mol. The van der Waals surface area contributed by atoms with Gasteiger partial charge >= 0.3 is 21.7 Å². The molecular formula is C12H12O2Ti. The van der Waals surface area contributed by atoms with Gasteiger partial charge in [0, 0.05) is 0 Å². The van der Waals surface area contributed by atoms with Gasteiger partial charge in [0.2, 0.25) is 0 Å². The van der Waals surface area contributed by atoms with Crippen LogP contribution < -0.4 is 0 Å². The van der Waals surface area contributed by atoms with E-state index in [9.17, 15) is 0 Å². The molecule has 0 aliphatic carbocycles. The molecule has 0 aliphatic rings. The molecule has 0 aromatic heterocycles. The van der Waals surface area contributed by atoms with Crippen molar-refractivity contribution in [3.63, 3.8) is 0 Å². The summed E-state index contributed by atoms with van der Waals surface area (Å²) < 4.78 is 0. The summed E-state index contributed by atoms with van der Waals surface area (Å²) in [6, 6.07) is 20.0. The molecule has 0 spiro atoms. The summed E-state index contributed by atoms with van der Waals surface area (Å²) in [6.07, 6.45) is 0. The zero-order chi connectivity index (χ0) is 11.1. The maximum absolute atomic E-state index is 7.75. The first kappa shape index (κ1) is 19.3. The summed E-state index contributed by atoms with van der Waals surface area (Å²) in [5, 5.41) is 0. The molecule has 0 unspecified atom stereocenters. The molecule has 15 heavy (non-hydrogen) atoms. The molecule has 0 bridgehead atoms. The third kappa shape index (κ3) is 19.2. The first-order valence-corrected chi connectivity index (χ1v) is 3.80. The maximum atomic E-state index is 7.75. The summed E-state index contributed by atoms with van der Waals surface area (Å²) in [4.78, 5) is 15.5. The van der Waals surface area contributed by atoms with Gasteiger partial charge in [0.15, 0.2) is 0 Å². The van der Waals surface area contributed by atoms with Crippen LogP contribution in [0.1, 0.15) is 0 Å². The van der Waals surface area contributed by atoms with Crippen molar-refractivity contribution in [3.05, 3.63) is 60.7 Å². The number of rotatable bonds is 0. The molecule has 2 aromatic carbocycles. The molecule has 2 aromatic rings. The second kappa shape index (κ2) is 23.0. The fraction of sp³-hybridized carbons (Fsp3) is 0. The van der Waals surface area contributed by atoms with Gasteiger partial charge in [0.25, 0.3) is 0 Å². The molecule has 0 amide bonds. The Morgan fingerprint density at radius 3 is 0.867 bits per heavy atom. The smallest absolute Gasteiger partial charge is 0.545 e. The van der Waals surface area contributed by atoms with Crippen molar-refractivity contribution in [1.29, 1.82) is 0 Å². The van der Waals surface area contributed by atoms with Gasteiger partial charge in [-0.05, 0) is 0 Å². The summed E-state index contributed by atoms with van der Waals surface area (Å²) in [5.74, 6) is 0. The van der Waals surface area contributed by atoms with E-state index < -0.39 is 0 Å².